The summed E-state index contributed by atoms with van der Waals surface area (Å²) in [6.45, 7) is 3.43. The van der Waals surface area contributed by atoms with Crippen molar-refractivity contribution in [3.05, 3.63) is 46.5 Å². The van der Waals surface area contributed by atoms with Crippen molar-refractivity contribution < 1.29 is 9.53 Å². The number of methoxy groups -OCH3 is 1. The molecule has 0 aliphatic rings. The summed E-state index contributed by atoms with van der Waals surface area (Å²) in [4.78, 5) is 13.5. The van der Waals surface area contributed by atoms with Gasteiger partial charge in [0.1, 0.15) is 0 Å². The highest BCUT2D eigenvalue weighted by Crippen LogP contribution is 2.12. The number of halogens is 1. The lowest BCUT2D eigenvalue weighted by atomic mass is 10.2. The molecule has 0 aliphatic carbocycles. The van der Waals surface area contributed by atoms with E-state index in [-0.39, 0.29) is 5.97 Å². The van der Waals surface area contributed by atoms with Gasteiger partial charge in [-0.05, 0) is 31.2 Å². The van der Waals surface area contributed by atoms with Crippen molar-refractivity contribution >= 4 is 17.6 Å². The second kappa shape index (κ2) is 7.97. The van der Waals surface area contributed by atoms with Crippen molar-refractivity contribution in [2.75, 3.05) is 20.7 Å². The summed E-state index contributed by atoms with van der Waals surface area (Å²) in [6, 6.07) is 7.78. The molecule has 3 nitrogen and oxygen atoms in total. The van der Waals surface area contributed by atoms with E-state index in [1.807, 2.05) is 44.3 Å². The van der Waals surface area contributed by atoms with Gasteiger partial charge < -0.3 is 4.74 Å². The molecule has 0 atom stereocenters. The Balaban J connectivity index is 2.57. The fourth-order valence-electron chi connectivity index (χ4n) is 1.78. The fourth-order valence-corrected chi connectivity index (χ4v) is 1.99. The van der Waals surface area contributed by atoms with Gasteiger partial charge in [0.15, 0.2) is 0 Å². The Hall–Kier alpha value is -1.32. The van der Waals surface area contributed by atoms with Gasteiger partial charge in [-0.1, -0.05) is 36.7 Å². The van der Waals surface area contributed by atoms with Crippen LogP contribution in [0.15, 0.2) is 35.9 Å². The summed E-state index contributed by atoms with van der Waals surface area (Å²) in [6.07, 6.45) is 2.59. The number of ether oxygens (including phenoxy) is 1. The topological polar surface area (TPSA) is 29.5 Å². The van der Waals surface area contributed by atoms with E-state index in [0.29, 0.717) is 18.5 Å². The van der Waals surface area contributed by atoms with Crippen molar-refractivity contribution in [1.29, 1.82) is 0 Å². The Morgan fingerprint density at radius 2 is 2.21 bits per heavy atom. The van der Waals surface area contributed by atoms with E-state index in [1.54, 1.807) is 0 Å². The molecule has 0 heterocycles. The van der Waals surface area contributed by atoms with Gasteiger partial charge in [0, 0.05) is 23.7 Å². The number of rotatable bonds is 6. The Bertz CT molecular complexity index is 457. The molecular formula is C15H20ClNO2. The Labute approximate surface area is 119 Å². The average Bonchev–Trinajstić information content (AvgIpc) is 2.39. The normalized spacial score (nSPS) is 11.7. The maximum absolute atomic E-state index is 11.4. The first-order chi connectivity index (χ1) is 9.06. The van der Waals surface area contributed by atoms with Crippen LogP contribution in [-0.4, -0.2) is 31.6 Å². The molecule has 0 saturated carbocycles. The predicted molar refractivity (Wildman–Crippen MR) is 78.2 cm³/mol. The number of benzene rings is 1. The quantitative estimate of drug-likeness (QED) is 0.592. The van der Waals surface area contributed by atoms with E-state index in [1.165, 1.54) is 7.11 Å². The minimum Gasteiger partial charge on any atom is -0.466 e. The Kier molecular flexibility index (Phi) is 6.60. The van der Waals surface area contributed by atoms with Crippen LogP contribution in [0.5, 0.6) is 0 Å². The number of carbonyl (C=O) groups excluding carboxylic acids is 1. The zero-order chi connectivity index (χ0) is 14.3. The lowest BCUT2D eigenvalue weighted by Gasteiger charge is -2.15. The van der Waals surface area contributed by atoms with Crippen LogP contribution < -0.4 is 0 Å². The summed E-state index contributed by atoms with van der Waals surface area (Å²) in [5, 5.41) is 0.741. The zero-order valence-electron chi connectivity index (χ0n) is 11.6. The SMILES string of the molecule is CCC(=CCN(C)Cc1cccc(Cl)c1)C(=O)OC. The number of hydrogen-bond acceptors (Lipinski definition) is 3. The molecule has 1 rings (SSSR count). The van der Waals surface area contributed by atoms with Gasteiger partial charge in [0.2, 0.25) is 0 Å². The van der Waals surface area contributed by atoms with Crippen molar-refractivity contribution in [2.24, 2.45) is 0 Å². The van der Waals surface area contributed by atoms with E-state index in [4.69, 9.17) is 16.3 Å². The first-order valence-corrected chi connectivity index (χ1v) is 6.65. The average molecular weight is 282 g/mol. The highest BCUT2D eigenvalue weighted by molar-refractivity contribution is 6.30. The molecule has 1 aromatic rings. The standard InChI is InChI=1S/C15H20ClNO2/c1-4-13(15(18)19-3)8-9-17(2)11-12-6-5-7-14(16)10-12/h5-8,10H,4,9,11H2,1-3H3. The van der Waals surface area contributed by atoms with Gasteiger partial charge in [0.25, 0.3) is 0 Å². The van der Waals surface area contributed by atoms with Gasteiger partial charge in [-0.2, -0.15) is 0 Å². The molecule has 0 saturated heterocycles. The van der Waals surface area contributed by atoms with E-state index in [2.05, 4.69) is 4.90 Å². The molecule has 4 heteroatoms. The van der Waals surface area contributed by atoms with Gasteiger partial charge in [-0.25, -0.2) is 4.79 Å². The molecule has 0 unspecified atom stereocenters. The van der Waals surface area contributed by atoms with Crippen LogP contribution in [0, 0.1) is 0 Å². The smallest absolute Gasteiger partial charge is 0.333 e. The third-order valence-electron chi connectivity index (χ3n) is 2.82. The third-order valence-corrected chi connectivity index (χ3v) is 3.05. The molecule has 0 radical (unpaired) electrons. The molecule has 104 valence electrons. The highest BCUT2D eigenvalue weighted by Gasteiger charge is 2.07. The minimum absolute atomic E-state index is 0.251. The minimum atomic E-state index is -0.251. The van der Waals surface area contributed by atoms with Crippen LogP contribution >= 0.6 is 11.6 Å². The molecule has 1 aromatic carbocycles. The number of likely N-dealkylation sites (N-methyl/N-ethyl adjacent to an activating group) is 1. The predicted octanol–water partition coefficient (Wildman–Crippen LogP) is 3.28. The summed E-state index contributed by atoms with van der Waals surface area (Å²) >= 11 is 5.95. The van der Waals surface area contributed by atoms with Crippen LogP contribution in [0.25, 0.3) is 0 Å². The lowest BCUT2D eigenvalue weighted by molar-refractivity contribution is -0.136. The van der Waals surface area contributed by atoms with Crippen LogP contribution in [-0.2, 0) is 16.1 Å². The molecule has 0 aliphatic heterocycles. The van der Waals surface area contributed by atoms with E-state index in [0.717, 1.165) is 17.1 Å². The van der Waals surface area contributed by atoms with Crippen LogP contribution in [0.3, 0.4) is 0 Å². The fraction of sp³-hybridized carbons (Fsp3) is 0.400. The summed E-state index contributed by atoms with van der Waals surface area (Å²) in [5.41, 5.74) is 1.86. The highest BCUT2D eigenvalue weighted by atomic mass is 35.5. The monoisotopic (exact) mass is 281 g/mol. The maximum atomic E-state index is 11.4. The Morgan fingerprint density at radius 3 is 2.79 bits per heavy atom. The molecule has 0 amide bonds. The van der Waals surface area contributed by atoms with Gasteiger partial charge >= 0.3 is 5.97 Å². The first kappa shape index (κ1) is 15.7. The van der Waals surface area contributed by atoms with Crippen LogP contribution in [0.4, 0.5) is 0 Å². The van der Waals surface area contributed by atoms with Crippen molar-refractivity contribution in [3.8, 4) is 0 Å². The Morgan fingerprint density at radius 1 is 1.47 bits per heavy atom. The summed E-state index contributed by atoms with van der Waals surface area (Å²) in [5.74, 6) is -0.251. The second-order valence-electron chi connectivity index (χ2n) is 4.40. The molecule has 0 N–H and O–H groups in total. The van der Waals surface area contributed by atoms with E-state index >= 15 is 0 Å². The van der Waals surface area contributed by atoms with Crippen molar-refractivity contribution in [3.63, 3.8) is 0 Å². The zero-order valence-corrected chi connectivity index (χ0v) is 12.4. The molecule has 0 fully saturated rings. The molecular weight excluding hydrogens is 262 g/mol. The van der Waals surface area contributed by atoms with E-state index in [9.17, 15) is 4.79 Å². The van der Waals surface area contributed by atoms with E-state index < -0.39 is 0 Å². The van der Waals surface area contributed by atoms with Crippen molar-refractivity contribution in [1.82, 2.24) is 4.90 Å². The summed E-state index contributed by atoms with van der Waals surface area (Å²) in [7, 11) is 3.41. The van der Waals surface area contributed by atoms with Crippen LogP contribution in [0.2, 0.25) is 5.02 Å². The first-order valence-electron chi connectivity index (χ1n) is 6.27. The molecule has 19 heavy (non-hydrogen) atoms. The van der Waals surface area contributed by atoms with Gasteiger partial charge in [0.05, 0.1) is 7.11 Å². The molecule has 0 bridgehead atoms. The van der Waals surface area contributed by atoms with Gasteiger partial charge in [-0.3, -0.25) is 4.90 Å². The summed E-state index contributed by atoms with van der Waals surface area (Å²) < 4.78 is 4.73. The third kappa shape index (κ3) is 5.45. The molecule has 0 spiro atoms. The number of carbonyl (C=O) groups is 1. The van der Waals surface area contributed by atoms with Gasteiger partial charge in [-0.15, -0.1) is 0 Å². The van der Waals surface area contributed by atoms with Crippen LogP contribution in [0.1, 0.15) is 18.9 Å². The number of nitrogens with zero attached hydrogens (tertiary/aromatic N) is 1. The van der Waals surface area contributed by atoms with Crippen molar-refractivity contribution in [2.45, 2.75) is 19.9 Å². The maximum Gasteiger partial charge on any atom is 0.333 e. The number of hydrogen-bond donors (Lipinski definition) is 0. The second-order valence-corrected chi connectivity index (χ2v) is 4.84. The number of esters is 1. The largest absolute Gasteiger partial charge is 0.466 e. The lowest BCUT2D eigenvalue weighted by Crippen LogP contribution is -2.19. The molecule has 0 aromatic heterocycles.